The van der Waals surface area contributed by atoms with E-state index < -0.39 is 23.8 Å². The summed E-state index contributed by atoms with van der Waals surface area (Å²) in [5, 5.41) is 18.4. The van der Waals surface area contributed by atoms with Crippen LogP contribution in [0.3, 0.4) is 0 Å². The summed E-state index contributed by atoms with van der Waals surface area (Å²) in [6.45, 7) is 6.83. The van der Waals surface area contributed by atoms with Crippen LogP contribution in [0, 0.1) is 29.6 Å². The SMILES string of the molecule is CC(C)CCCC(C)CCCC1CC[C@@H](C(=O)O)[C@@H](C(=O)O)C1. The van der Waals surface area contributed by atoms with Gasteiger partial charge in [0.05, 0.1) is 11.8 Å². The Balaban J connectivity index is 2.28. The first-order chi connectivity index (χ1) is 10.8. The van der Waals surface area contributed by atoms with E-state index in [2.05, 4.69) is 20.8 Å². The molecule has 134 valence electrons. The second-order valence-electron chi connectivity index (χ2n) is 7.93. The van der Waals surface area contributed by atoms with Gasteiger partial charge < -0.3 is 10.2 Å². The first kappa shape index (κ1) is 20.0. The molecule has 23 heavy (non-hydrogen) atoms. The van der Waals surface area contributed by atoms with Gasteiger partial charge in [-0.1, -0.05) is 59.3 Å². The predicted molar refractivity (Wildman–Crippen MR) is 91.3 cm³/mol. The summed E-state index contributed by atoms with van der Waals surface area (Å²) < 4.78 is 0. The molecule has 1 aliphatic rings. The molecule has 4 nitrogen and oxygen atoms in total. The van der Waals surface area contributed by atoms with Gasteiger partial charge in [0.2, 0.25) is 0 Å². The Morgan fingerprint density at radius 1 is 0.913 bits per heavy atom. The van der Waals surface area contributed by atoms with Crippen LogP contribution >= 0.6 is 0 Å². The van der Waals surface area contributed by atoms with Crippen molar-refractivity contribution in [3.8, 4) is 0 Å². The molecule has 2 N–H and O–H groups in total. The minimum atomic E-state index is -0.949. The lowest BCUT2D eigenvalue weighted by Gasteiger charge is -2.31. The summed E-state index contributed by atoms with van der Waals surface area (Å²) in [5.41, 5.74) is 0. The maximum absolute atomic E-state index is 11.3. The lowest BCUT2D eigenvalue weighted by atomic mass is 9.72. The summed E-state index contributed by atoms with van der Waals surface area (Å²) in [7, 11) is 0. The number of aliphatic carboxylic acids is 2. The molecule has 2 unspecified atom stereocenters. The minimum Gasteiger partial charge on any atom is -0.481 e. The highest BCUT2D eigenvalue weighted by Gasteiger charge is 2.39. The van der Waals surface area contributed by atoms with Crippen LogP contribution in [0.25, 0.3) is 0 Å². The molecule has 1 fully saturated rings. The third-order valence-corrected chi connectivity index (χ3v) is 5.38. The van der Waals surface area contributed by atoms with E-state index >= 15 is 0 Å². The molecule has 4 heteroatoms. The lowest BCUT2D eigenvalue weighted by Crippen LogP contribution is -2.35. The van der Waals surface area contributed by atoms with E-state index in [9.17, 15) is 14.7 Å². The van der Waals surface area contributed by atoms with E-state index in [0.717, 1.165) is 31.1 Å². The number of carboxylic acid groups (broad SMARTS) is 2. The standard InChI is InChI=1S/C19H34O4/c1-13(2)6-4-7-14(3)8-5-9-15-10-11-16(18(20)21)17(12-15)19(22)23/h13-17H,4-12H2,1-3H3,(H,20,21)(H,22,23)/t14?,15?,16-,17+/m1/s1. The van der Waals surface area contributed by atoms with Gasteiger partial charge in [0.15, 0.2) is 0 Å². The highest BCUT2D eigenvalue weighted by atomic mass is 16.4. The van der Waals surface area contributed by atoms with E-state index in [4.69, 9.17) is 5.11 Å². The van der Waals surface area contributed by atoms with Gasteiger partial charge in [-0.05, 0) is 37.0 Å². The van der Waals surface area contributed by atoms with Crippen LogP contribution < -0.4 is 0 Å². The molecule has 0 heterocycles. The van der Waals surface area contributed by atoms with E-state index in [1.165, 1.54) is 25.7 Å². The Hall–Kier alpha value is -1.06. The van der Waals surface area contributed by atoms with Gasteiger partial charge in [-0.25, -0.2) is 0 Å². The second-order valence-corrected chi connectivity index (χ2v) is 7.93. The summed E-state index contributed by atoms with van der Waals surface area (Å²) in [4.78, 5) is 22.5. The summed E-state index contributed by atoms with van der Waals surface area (Å²) in [6, 6.07) is 0. The maximum Gasteiger partial charge on any atom is 0.307 e. The van der Waals surface area contributed by atoms with Crippen LogP contribution in [-0.4, -0.2) is 22.2 Å². The molecule has 0 radical (unpaired) electrons. The topological polar surface area (TPSA) is 74.6 Å². The quantitative estimate of drug-likeness (QED) is 0.603. The van der Waals surface area contributed by atoms with Crippen LogP contribution in [0.1, 0.15) is 78.6 Å². The van der Waals surface area contributed by atoms with E-state index in [0.29, 0.717) is 18.8 Å². The zero-order valence-corrected chi connectivity index (χ0v) is 15.0. The average molecular weight is 326 g/mol. The number of carbonyl (C=O) groups is 2. The van der Waals surface area contributed by atoms with Crippen LogP contribution in [0.5, 0.6) is 0 Å². The third kappa shape index (κ3) is 7.36. The van der Waals surface area contributed by atoms with Gasteiger partial charge >= 0.3 is 11.9 Å². The van der Waals surface area contributed by atoms with Gasteiger partial charge in [0, 0.05) is 0 Å². The smallest absolute Gasteiger partial charge is 0.307 e. The molecule has 0 aromatic heterocycles. The van der Waals surface area contributed by atoms with Gasteiger partial charge in [-0.3, -0.25) is 9.59 Å². The van der Waals surface area contributed by atoms with Crippen molar-refractivity contribution in [2.45, 2.75) is 78.6 Å². The first-order valence-electron chi connectivity index (χ1n) is 9.26. The van der Waals surface area contributed by atoms with Crippen molar-refractivity contribution in [3.63, 3.8) is 0 Å². The molecule has 1 saturated carbocycles. The molecular formula is C19H34O4. The van der Waals surface area contributed by atoms with Gasteiger partial charge in [0.25, 0.3) is 0 Å². The van der Waals surface area contributed by atoms with Crippen LogP contribution in [0.4, 0.5) is 0 Å². The average Bonchev–Trinajstić information content (AvgIpc) is 2.46. The highest BCUT2D eigenvalue weighted by molar-refractivity contribution is 5.80. The van der Waals surface area contributed by atoms with E-state index in [1.807, 2.05) is 0 Å². The Morgan fingerprint density at radius 2 is 1.52 bits per heavy atom. The molecule has 0 spiro atoms. The third-order valence-electron chi connectivity index (χ3n) is 5.38. The van der Waals surface area contributed by atoms with Crippen molar-refractivity contribution in [2.24, 2.45) is 29.6 Å². The van der Waals surface area contributed by atoms with Crippen molar-refractivity contribution in [3.05, 3.63) is 0 Å². The second kappa shape index (κ2) is 9.94. The molecule has 0 saturated heterocycles. The fraction of sp³-hybridized carbons (Fsp3) is 0.895. The largest absolute Gasteiger partial charge is 0.481 e. The predicted octanol–water partition coefficient (Wildman–Crippen LogP) is 4.82. The Kier molecular flexibility index (Phi) is 8.64. The maximum atomic E-state index is 11.3. The summed E-state index contributed by atoms with van der Waals surface area (Å²) in [5.74, 6) is -1.39. The summed E-state index contributed by atoms with van der Waals surface area (Å²) in [6.07, 6.45) is 9.17. The zero-order valence-electron chi connectivity index (χ0n) is 15.0. The molecule has 1 rings (SSSR count). The van der Waals surface area contributed by atoms with Crippen LogP contribution in [0.15, 0.2) is 0 Å². The van der Waals surface area contributed by atoms with Gasteiger partial charge in [0.1, 0.15) is 0 Å². The molecule has 0 bridgehead atoms. The van der Waals surface area contributed by atoms with Gasteiger partial charge in [-0.2, -0.15) is 0 Å². The Bertz CT molecular complexity index is 378. The fourth-order valence-electron chi connectivity index (χ4n) is 3.86. The molecule has 0 aromatic rings. The van der Waals surface area contributed by atoms with Crippen molar-refractivity contribution in [1.29, 1.82) is 0 Å². The first-order valence-corrected chi connectivity index (χ1v) is 9.26. The number of carboxylic acids is 2. The zero-order chi connectivity index (χ0) is 17.4. The van der Waals surface area contributed by atoms with Crippen molar-refractivity contribution >= 4 is 11.9 Å². The van der Waals surface area contributed by atoms with Gasteiger partial charge in [-0.15, -0.1) is 0 Å². The Labute approximate surface area is 140 Å². The lowest BCUT2D eigenvalue weighted by molar-refractivity contribution is -0.156. The van der Waals surface area contributed by atoms with Crippen molar-refractivity contribution in [1.82, 2.24) is 0 Å². The number of hydrogen-bond donors (Lipinski definition) is 2. The molecule has 0 aromatic carbocycles. The minimum absolute atomic E-state index is 0.384. The van der Waals surface area contributed by atoms with Crippen LogP contribution in [-0.2, 0) is 9.59 Å². The van der Waals surface area contributed by atoms with E-state index in [1.54, 1.807) is 0 Å². The highest BCUT2D eigenvalue weighted by Crippen LogP contribution is 2.37. The fourth-order valence-corrected chi connectivity index (χ4v) is 3.86. The summed E-state index contributed by atoms with van der Waals surface area (Å²) >= 11 is 0. The Morgan fingerprint density at radius 3 is 2.09 bits per heavy atom. The molecular weight excluding hydrogens is 292 g/mol. The molecule has 0 aliphatic heterocycles. The normalized spacial score (nSPS) is 26.2. The van der Waals surface area contributed by atoms with Crippen LogP contribution in [0.2, 0.25) is 0 Å². The number of rotatable bonds is 10. The van der Waals surface area contributed by atoms with E-state index in [-0.39, 0.29) is 0 Å². The number of hydrogen-bond acceptors (Lipinski definition) is 2. The molecule has 4 atom stereocenters. The molecule has 1 aliphatic carbocycles. The monoisotopic (exact) mass is 326 g/mol. The molecule has 0 amide bonds. The van der Waals surface area contributed by atoms with Crippen molar-refractivity contribution < 1.29 is 19.8 Å². The van der Waals surface area contributed by atoms with Crippen molar-refractivity contribution in [2.75, 3.05) is 0 Å².